The van der Waals surface area contributed by atoms with Gasteiger partial charge in [-0.3, -0.25) is 4.79 Å². The monoisotopic (exact) mass is 329 g/mol. The lowest BCUT2D eigenvalue weighted by Gasteiger charge is -2.10. The van der Waals surface area contributed by atoms with Gasteiger partial charge in [-0.1, -0.05) is 40.2 Å². The molecule has 0 aliphatic heterocycles. The summed E-state index contributed by atoms with van der Waals surface area (Å²) >= 11 is 3.52. The Morgan fingerprint density at radius 1 is 1.15 bits per heavy atom. The van der Waals surface area contributed by atoms with Gasteiger partial charge in [0.05, 0.1) is 0 Å². The van der Waals surface area contributed by atoms with E-state index >= 15 is 0 Å². The highest BCUT2D eigenvalue weighted by Gasteiger charge is 2.07. The average molecular weight is 330 g/mol. The predicted molar refractivity (Wildman–Crippen MR) is 87.6 cm³/mol. The van der Waals surface area contributed by atoms with Crippen LogP contribution < -0.4 is 5.32 Å². The van der Waals surface area contributed by atoms with Gasteiger partial charge in [0, 0.05) is 28.4 Å². The molecule has 0 atom stereocenters. The van der Waals surface area contributed by atoms with Crippen LogP contribution in [0.25, 0.3) is 10.8 Å². The molecule has 0 aliphatic rings. The van der Waals surface area contributed by atoms with E-state index in [2.05, 4.69) is 27.2 Å². The van der Waals surface area contributed by atoms with Crippen molar-refractivity contribution in [2.24, 2.45) is 0 Å². The second kappa shape index (κ2) is 7.12. The van der Waals surface area contributed by atoms with Crippen LogP contribution in [0.5, 0.6) is 0 Å². The van der Waals surface area contributed by atoms with E-state index in [1.165, 1.54) is 0 Å². The first kappa shape index (κ1) is 14.6. The third kappa shape index (κ3) is 3.61. The number of rotatable bonds is 5. The van der Waals surface area contributed by atoms with E-state index in [9.17, 15) is 4.79 Å². The van der Waals surface area contributed by atoms with E-state index < -0.39 is 0 Å². The van der Waals surface area contributed by atoms with Crippen LogP contribution in [0.1, 0.15) is 25.7 Å². The molecule has 0 saturated carbocycles. The van der Waals surface area contributed by atoms with Crippen molar-refractivity contribution in [3.05, 3.63) is 40.9 Å². The third-order valence-corrected chi connectivity index (χ3v) is 3.81. The normalized spacial score (nSPS) is 10.2. The van der Waals surface area contributed by atoms with Gasteiger partial charge in [-0.05, 0) is 30.4 Å². The van der Waals surface area contributed by atoms with Gasteiger partial charge in [0.25, 0.3) is 0 Å². The highest BCUT2D eigenvalue weighted by atomic mass is 79.9. The number of terminal acetylenes is 1. The summed E-state index contributed by atoms with van der Waals surface area (Å²) in [6, 6.07) is 11.9. The summed E-state index contributed by atoms with van der Waals surface area (Å²) in [5, 5.41) is 5.11. The molecule has 0 unspecified atom stereocenters. The number of carbonyl (C=O) groups is 1. The second-order valence-corrected chi connectivity index (χ2v) is 5.45. The van der Waals surface area contributed by atoms with E-state index in [4.69, 9.17) is 6.42 Å². The maximum Gasteiger partial charge on any atom is 0.224 e. The molecule has 1 N–H and O–H groups in total. The number of halogens is 1. The van der Waals surface area contributed by atoms with Crippen LogP contribution in [-0.4, -0.2) is 5.91 Å². The number of fused-ring (bicyclic) bond motifs is 1. The first-order chi connectivity index (χ1) is 9.72. The largest absolute Gasteiger partial charge is 0.326 e. The quantitative estimate of drug-likeness (QED) is 0.623. The molecule has 0 heterocycles. The molecule has 0 aromatic heterocycles. The number of hydrogen-bond donors (Lipinski definition) is 1. The fraction of sp³-hybridized carbons (Fsp3) is 0.235. The number of anilines is 1. The zero-order valence-corrected chi connectivity index (χ0v) is 12.7. The molecule has 20 heavy (non-hydrogen) atoms. The van der Waals surface area contributed by atoms with Crippen molar-refractivity contribution in [2.45, 2.75) is 25.7 Å². The number of hydrogen-bond acceptors (Lipinski definition) is 1. The van der Waals surface area contributed by atoms with E-state index in [-0.39, 0.29) is 5.91 Å². The smallest absolute Gasteiger partial charge is 0.224 e. The van der Waals surface area contributed by atoms with Crippen molar-refractivity contribution >= 4 is 38.3 Å². The van der Waals surface area contributed by atoms with Crippen LogP contribution in [0.15, 0.2) is 40.9 Å². The van der Waals surface area contributed by atoms with Gasteiger partial charge in [0.1, 0.15) is 0 Å². The second-order valence-electron chi connectivity index (χ2n) is 4.60. The highest BCUT2D eigenvalue weighted by Crippen LogP contribution is 2.30. The maximum atomic E-state index is 11.9. The summed E-state index contributed by atoms with van der Waals surface area (Å²) in [6.07, 6.45) is 8.14. The Morgan fingerprint density at radius 3 is 2.65 bits per heavy atom. The summed E-state index contributed by atoms with van der Waals surface area (Å²) in [5.74, 6) is 2.62. The topological polar surface area (TPSA) is 29.1 Å². The predicted octanol–water partition coefficient (Wildman–Crippen LogP) is 4.73. The SMILES string of the molecule is C#CCCCCC(=O)Nc1ccc(Br)c2ccccc12. The van der Waals surface area contributed by atoms with Gasteiger partial charge in [-0.2, -0.15) is 0 Å². The van der Waals surface area contributed by atoms with Crippen LogP contribution >= 0.6 is 15.9 Å². The van der Waals surface area contributed by atoms with Gasteiger partial charge in [-0.25, -0.2) is 0 Å². The van der Waals surface area contributed by atoms with Crippen LogP contribution in [0.2, 0.25) is 0 Å². The Morgan fingerprint density at radius 2 is 1.90 bits per heavy atom. The van der Waals surface area contributed by atoms with Gasteiger partial charge in [-0.15, -0.1) is 12.3 Å². The number of nitrogens with one attached hydrogen (secondary N) is 1. The minimum atomic E-state index is 0.0366. The average Bonchev–Trinajstić information content (AvgIpc) is 2.47. The van der Waals surface area contributed by atoms with Gasteiger partial charge in [0.2, 0.25) is 5.91 Å². The molecule has 0 fully saturated rings. The number of benzene rings is 2. The summed E-state index contributed by atoms with van der Waals surface area (Å²) in [6.45, 7) is 0. The van der Waals surface area contributed by atoms with E-state index in [0.717, 1.165) is 40.2 Å². The van der Waals surface area contributed by atoms with Gasteiger partial charge >= 0.3 is 0 Å². The Balaban J connectivity index is 2.08. The number of carbonyl (C=O) groups excluding carboxylic acids is 1. The van der Waals surface area contributed by atoms with E-state index in [1.54, 1.807) is 0 Å². The zero-order chi connectivity index (χ0) is 14.4. The molecule has 0 bridgehead atoms. The Kier molecular flexibility index (Phi) is 5.20. The van der Waals surface area contributed by atoms with Crippen molar-refractivity contribution in [3.8, 4) is 12.3 Å². The number of unbranched alkanes of at least 4 members (excludes halogenated alkanes) is 2. The number of amides is 1. The summed E-state index contributed by atoms with van der Waals surface area (Å²) < 4.78 is 1.03. The van der Waals surface area contributed by atoms with Gasteiger partial charge < -0.3 is 5.32 Å². The lowest BCUT2D eigenvalue weighted by molar-refractivity contribution is -0.116. The lowest BCUT2D eigenvalue weighted by atomic mass is 10.1. The summed E-state index contributed by atoms with van der Waals surface area (Å²) in [7, 11) is 0. The zero-order valence-electron chi connectivity index (χ0n) is 11.2. The van der Waals surface area contributed by atoms with Crippen molar-refractivity contribution in [1.82, 2.24) is 0 Å². The van der Waals surface area contributed by atoms with Crippen molar-refractivity contribution in [1.29, 1.82) is 0 Å². The molecule has 0 spiro atoms. The highest BCUT2D eigenvalue weighted by molar-refractivity contribution is 9.10. The Labute approximate surface area is 127 Å². The molecule has 2 rings (SSSR count). The third-order valence-electron chi connectivity index (χ3n) is 3.12. The molecular weight excluding hydrogens is 314 g/mol. The molecular formula is C17H16BrNO. The molecule has 0 aliphatic carbocycles. The van der Waals surface area contributed by atoms with Crippen LogP contribution in [0.3, 0.4) is 0 Å². The Hall–Kier alpha value is -1.79. The first-order valence-electron chi connectivity index (χ1n) is 6.63. The lowest BCUT2D eigenvalue weighted by Crippen LogP contribution is -2.11. The Bertz CT molecular complexity index is 658. The molecule has 3 heteroatoms. The van der Waals surface area contributed by atoms with Crippen LogP contribution in [0, 0.1) is 12.3 Å². The molecule has 1 amide bonds. The van der Waals surface area contributed by atoms with Crippen molar-refractivity contribution in [2.75, 3.05) is 5.32 Å². The standard InChI is InChI=1S/C17H16BrNO/c1-2-3-4-5-10-17(20)19-16-12-11-15(18)13-8-6-7-9-14(13)16/h1,6-9,11-12H,3-5,10H2,(H,19,20). The van der Waals surface area contributed by atoms with E-state index in [1.807, 2.05) is 36.4 Å². The fourth-order valence-corrected chi connectivity index (χ4v) is 2.57. The first-order valence-corrected chi connectivity index (χ1v) is 7.42. The van der Waals surface area contributed by atoms with Crippen molar-refractivity contribution in [3.63, 3.8) is 0 Å². The van der Waals surface area contributed by atoms with Crippen molar-refractivity contribution < 1.29 is 4.79 Å². The van der Waals surface area contributed by atoms with E-state index in [0.29, 0.717) is 6.42 Å². The minimum Gasteiger partial charge on any atom is -0.326 e. The summed E-state index contributed by atoms with van der Waals surface area (Å²) in [5.41, 5.74) is 0.853. The van der Waals surface area contributed by atoms with Gasteiger partial charge in [0.15, 0.2) is 0 Å². The molecule has 2 aromatic carbocycles. The molecule has 2 aromatic rings. The minimum absolute atomic E-state index is 0.0366. The molecule has 0 saturated heterocycles. The summed E-state index contributed by atoms with van der Waals surface area (Å²) in [4.78, 5) is 11.9. The molecule has 2 nitrogen and oxygen atoms in total. The molecule has 0 radical (unpaired) electrons. The van der Waals surface area contributed by atoms with Crippen LogP contribution in [0.4, 0.5) is 5.69 Å². The molecule has 102 valence electrons. The maximum absolute atomic E-state index is 11.9. The fourth-order valence-electron chi connectivity index (χ4n) is 2.10. The van der Waals surface area contributed by atoms with Crippen LogP contribution in [-0.2, 0) is 4.79 Å².